The van der Waals surface area contributed by atoms with Gasteiger partial charge >= 0.3 is 0 Å². The van der Waals surface area contributed by atoms with Crippen LogP contribution in [0.5, 0.6) is 0 Å². The second-order valence-electron chi connectivity index (χ2n) is 3.78. The first kappa shape index (κ1) is 10.9. The zero-order valence-corrected chi connectivity index (χ0v) is 9.26. The van der Waals surface area contributed by atoms with Gasteiger partial charge in [-0.15, -0.1) is 0 Å². The number of sulfone groups is 1. The number of nitrogens with zero attached hydrogens (tertiary/aromatic N) is 1. The van der Waals surface area contributed by atoms with Gasteiger partial charge in [0.05, 0.1) is 5.25 Å². The van der Waals surface area contributed by atoms with Gasteiger partial charge in [-0.25, -0.2) is 8.42 Å². The Kier molecular flexibility index (Phi) is 3.32. The van der Waals surface area contributed by atoms with Crippen LogP contribution in [-0.2, 0) is 9.84 Å². The molecule has 1 aliphatic rings. The molecule has 1 rings (SSSR count). The number of likely N-dealkylation sites (N-methyl/N-ethyl adjacent to an activating group) is 1. The Bertz CT molecular complexity index is 261. The summed E-state index contributed by atoms with van der Waals surface area (Å²) in [7, 11) is -1.12. The molecule has 1 N–H and O–H groups in total. The topological polar surface area (TPSA) is 49.4 Å². The van der Waals surface area contributed by atoms with Gasteiger partial charge in [0.2, 0.25) is 0 Å². The molecule has 1 atom stereocenters. The monoisotopic (exact) mass is 206 g/mol. The molecule has 0 aromatic heterocycles. The smallest absolute Gasteiger partial charge is 0.169 e. The van der Waals surface area contributed by atoms with Gasteiger partial charge in [-0.05, 0) is 20.9 Å². The van der Waals surface area contributed by atoms with Crippen molar-refractivity contribution in [3.8, 4) is 0 Å². The summed E-state index contributed by atoms with van der Waals surface area (Å²) in [6.45, 7) is 5.70. The van der Waals surface area contributed by atoms with Gasteiger partial charge in [-0.1, -0.05) is 0 Å². The largest absolute Gasteiger partial charge is 0.313 e. The third kappa shape index (κ3) is 2.21. The highest BCUT2D eigenvalue weighted by molar-refractivity contribution is 7.92. The maximum Gasteiger partial charge on any atom is 0.169 e. The third-order valence-electron chi connectivity index (χ3n) is 2.49. The van der Waals surface area contributed by atoms with Crippen molar-refractivity contribution in [3.05, 3.63) is 0 Å². The molecule has 1 aliphatic heterocycles. The molecule has 0 radical (unpaired) electrons. The summed E-state index contributed by atoms with van der Waals surface area (Å²) < 4.78 is 23.6. The summed E-state index contributed by atoms with van der Waals surface area (Å²) in [6, 6.07) is 0. The van der Waals surface area contributed by atoms with Gasteiger partial charge < -0.3 is 5.32 Å². The molecular weight excluding hydrogens is 188 g/mol. The first-order valence-electron chi connectivity index (χ1n) is 4.60. The molecule has 1 unspecified atom stereocenters. The van der Waals surface area contributed by atoms with Crippen LogP contribution in [0.15, 0.2) is 0 Å². The van der Waals surface area contributed by atoms with E-state index in [9.17, 15) is 8.42 Å². The fourth-order valence-electron chi connectivity index (χ4n) is 1.46. The molecule has 78 valence electrons. The van der Waals surface area contributed by atoms with Crippen LogP contribution in [-0.4, -0.2) is 50.6 Å². The summed E-state index contributed by atoms with van der Waals surface area (Å²) >= 11 is 0. The van der Waals surface area contributed by atoms with Gasteiger partial charge in [0, 0.05) is 19.6 Å². The quantitative estimate of drug-likeness (QED) is 0.672. The maximum atomic E-state index is 11.8. The maximum absolute atomic E-state index is 11.8. The molecule has 1 heterocycles. The molecule has 0 aromatic rings. The van der Waals surface area contributed by atoms with Gasteiger partial charge in [0.1, 0.15) is 5.37 Å². The zero-order chi connectivity index (χ0) is 10.1. The summed E-state index contributed by atoms with van der Waals surface area (Å²) in [6.07, 6.45) is 0. The minimum Gasteiger partial charge on any atom is -0.313 e. The summed E-state index contributed by atoms with van der Waals surface area (Å²) in [4.78, 5) is 1.91. The highest BCUT2D eigenvalue weighted by atomic mass is 32.2. The van der Waals surface area contributed by atoms with E-state index in [1.807, 2.05) is 11.9 Å². The lowest BCUT2D eigenvalue weighted by molar-refractivity contribution is 0.254. The van der Waals surface area contributed by atoms with Crippen LogP contribution in [0.2, 0.25) is 0 Å². The molecule has 1 fully saturated rings. The van der Waals surface area contributed by atoms with Gasteiger partial charge in [0.15, 0.2) is 9.84 Å². The predicted molar refractivity (Wildman–Crippen MR) is 53.3 cm³/mol. The molecule has 5 heteroatoms. The molecule has 0 saturated carbocycles. The van der Waals surface area contributed by atoms with Crippen molar-refractivity contribution in [1.29, 1.82) is 0 Å². The van der Waals surface area contributed by atoms with E-state index in [0.717, 1.165) is 13.1 Å². The highest BCUT2D eigenvalue weighted by Crippen LogP contribution is 2.13. The van der Waals surface area contributed by atoms with Crippen molar-refractivity contribution in [3.63, 3.8) is 0 Å². The Balaban J connectivity index is 2.80. The Hall–Kier alpha value is -0.130. The SMILES string of the molecule is CC(C)S(=O)(=O)C1CNCCN1C. The van der Waals surface area contributed by atoms with Crippen molar-refractivity contribution < 1.29 is 8.42 Å². The van der Waals surface area contributed by atoms with E-state index in [4.69, 9.17) is 0 Å². The second kappa shape index (κ2) is 3.94. The minimum absolute atomic E-state index is 0.292. The lowest BCUT2D eigenvalue weighted by Gasteiger charge is -2.33. The van der Waals surface area contributed by atoms with Crippen LogP contribution in [0, 0.1) is 0 Å². The average molecular weight is 206 g/mol. The molecular formula is C8H18N2O2S. The van der Waals surface area contributed by atoms with E-state index in [1.54, 1.807) is 13.8 Å². The van der Waals surface area contributed by atoms with Gasteiger partial charge in [0.25, 0.3) is 0 Å². The van der Waals surface area contributed by atoms with Crippen molar-refractivity contribution in [2.24, 2.45) is 0 Å². The fraction of sp³-hybridized carbons (Fsp3) is 1.00. The van der Waals surface area contributed by atoms with Crippen molar-refractivity contribution >= 4 is 9.84 Å². The van der Waals surface area contributed by atoms with Crippen molar-refractivity contribution in [2.75, 3.05) is 26.7 Å². The highest BCUT2D eigenvalue weighted by Gasteiger charge is 2.33. The lowest BCUT2D eigenvalue weighted by Crippen LogP contribution is -2.54. The van der Waals surface area contributed by atoms with E-state index in [1.165, 1.54) is 0 Å². The zero-order valence-electron chi connectivity index (χ0n) is 8.45. The van der Waals surface area contributed by atoms with Crippen LogP contribution in [0.25, 0.3) is 0 Å². The average Bonchev–Trinajstić information content (AvgIpc) is 2.04. The Morgan fingerprint density at radius 2 is 2.08 bits per heavy atom. The first-order chi connectivity index (χ1) is 5.96. The van der Waals surface area contributed by atoms with E-state index < -0.39 is 9.84 Å². The summed E-state index contributed by atoms with van der Waals surface area (Å²) in [5, 5.41) is 2.47. The third-order valence-corrected chi connectivity index (χ3v) is 5.09. The number of rotatable bonds is 2. The fourth-order valence-corrected chi connectivity index (χ4v) is 3.05. The molecule has 0 spiro atoms. The van der Waals surface area contributed by atoms with Crippen LogP contribution < -0.4 is 5.32 Å². The van der Waals surface area contributed by atoms with E-state index in [-0.39, 0.29) is 10.6 Å². The number of hydrogen-bond donors (Lipinski definition) is 1. The molecule has 13 heavy (non-hydrogen) atoms. The van der Waals surface area contributed by atoms with Crippen LogP contribution >= 0.6 is 0 Å². The molecule has 0 aromatic carbocycles. The molecule has 4 nitrogen and oxygen atoms in total. The lowest BCUT2D eigenvalue weighted by atomic mass is 10.4. The molecule has 0 amide bonds. The van der Waals surface area contributed by atoms with E-state index in [0.29, 0.717) is 6.54 Å². The number of piperazine rings is 1. The molecule has 1 saturated heterocycles. The van der Waals surface area contributed by atoms with E-state index in [2.05, 4.69) is 5.32 Å². The van der Waals surface area contributed by atoms with Crippen LogP contribution in [0.4, 0.5) is 0 Å². The second-order valence-corrected chi connectivity index (χ2v) is 6.44. The van der Waals surface area contributed by atoms with Crippen molar-refractivity contribution in [1.82, 2.24) is 10.2 Å². The first-order valence-corrected chi connectivity index (χ1v) is 6.21. The molecule has 0 bridgehead atoms. The number of hydrogen-bond acceptors (Lipinski definition) is 4. The van der Waals surface area contributed by atoms with Crippen LogP contribution in [0.1, 0.15) is 13.8 Å². The summed E-state index contributed by atoms with van der Waals surface area (Å²) in [5.74, 6) is 0. The van der Waals surface area contributed by atoms with Crippen LogP contribution in [0.3, 0.4) is 0 Å². The Morgan fingerprint density at radius 3 is 2.54 bits per heavy atom. The Morgan fingerprint density at radius 1 is 1.46 bits per heavy atom. The minimum atomic E-state index is -2.99. The van der Waals surface area contributed by atoms with E-state index >= 15 is 0 Å². The van der Waals surface area contributed by atoms with Crippen molar-refractivity contribution in [2.45, 2.75) is 24.5 Å². The standard InChI is InChI=1S/C8H18N2O2S/c1-7(2)13(11,12)8-6-9-4-5-10(8)3/h7-9H,4-6H2,1-3H3. The number of nitrogens with one attached hydrogen (secondary N) is 1. The Labute approximate surface area is 80.2 Å². The normalized spacial score (nSPS) is 26.6. The van der Waals surface area contributed by atoms with Gasteiger partial charge in [-0.2, -0.15) is 0 Å². The van der Waals surface area contributed by atoms with Gasteiger partial charge in [-0.3, -0.25) is 4.90 Å². The predicted octanol–water partition coefficient (Wildman–Crippen LogP) is -0.329. The molecule has 0 aliphatic carbocycles. The summed E-state index contributed by atoms with van der Waals surface area (Å²) in [5.41, 5.74) is 0.